The quantitative estimate of drug-likeness (QED) is 0.137. The molecule has 0 atom stereocenters. The first-order valence-corrected chi connectivity index (χ1v) is 2.62. The van der Waals surface area contributed by atoms with Crippen LogP contribution in [0.3, 0.4) is 0 Å². The summed E-state index contributed by atoms with van der Waals surface area (Å²) in [4.78, 5) is 0. The molecule has 0 aliphatic heterocycles. The SMILES string of the molecule is N=CN.O=S(=O)([O-])[O-].[K+].[K+]. The third-order valence-corrected chi connectivity index (χ3v) is 0. The molecule has 10 heavy (non-hydrogen) atoms. The Morgan fingerprint density at radius 2 is 1.30 bits per heavy atom. The van der Waals surface area contributed by atoms with E-state index in [0.717, 1.165) is 6.34 Å². The standard InChI is InChI=1S/CH4N2.2K.H2O4S/c2-1-3;;;1-5(2,3)4/h1H,(H3,2,3);;;(H2,1,2,3,4)/q;2*+1;/p-2. The number of nitrogens with one attached hydrogen (secondary N) is 1. The van der Waals surface area contributed by atoms with Crippen molar-refractivity contribution in [3.63, 3.8) is 0 Å². The summed E-state index contributed by atoms with van der Waals surface area (Å²) < 4.78 is 34.1. The summed E-state index contributed by atoms with van der Waals surface area (Å²) in [5.41, 5.74) is 4.39. The zero-order chi connectivity index (χ0) is 7.21. The van der Waals surface area contributed by atoms with E-state index >= 15 is 0 Å². The van der Waals surface area contributed by atoms with Crippen LogP contribution >= 0.6 is 0 Å². The molecule has 0 aromatic carbocycles. The van der Waals surface area contributed by atoms with E-state index < -0.39 is 10.4 Å². The average molecular weight is 218 g/mol. The van der Waals surface area contributed by atoms with Gasteiger partial charge >= 0.3 is 103 Å². The maximum Gasteiger partial charge on any atom is 1.00 e. The molecule has 0 unspecified atom stereocenters. The van der Waals surface area contributed by atoms with E-state index in [0.29, 0.717) is 0 Å². The monoisotopic (exact) mass is 218 g/mol. The fourth-order valence-electron chi connectivity index (χ4n) is 0. The molecule has 6 nitrogen and oxygen atoms in total. The van der Waals surface area contributed by atoms with Gasteiger partial charge in [-0.1, -0.05) is 0 Å². The molecule has 9 heteroatoms. The Kier molecular flexibility index (Phi) is 32.5. The fraction of sp³-hybridized carbons (Fsp3) is 0. The van der Waals surface area contributed by atoms with Crippen LogP contribution < -0.4 is 109 Å². The number of hydrogen-bond acceptors (Lipinski definition) is 5. The second-order valence-corrected chi connectivity index (χ2v) is 1.39. The maximum atomic E-state index is 8.52. The van der Waals surface area contributed by atoms with Crippen molar-refractivity contribution < 1.29 is 120 Å². The van der Waals surface area contributed by atoms with Crippen molar-refractivity contribution in [3.8, 4) is 0 Å². The Bertz CT molecular complexity index is 135. The molecule has 3 N–H and O–H groups in total. The Morgan fingerprint density at radius 3 is 1.30 bits per heavy atom. The minimum Gasteiger partial charge on any atom is -0.759 e. The van der Waals surface area contributed by atoms with E-state index in [1.54, 1.807) is 0 Å². The van der Waals surface area contributed by atoms with Crippen LogP contribution in [-0.4, -0.2) is 23.9 Å². The molecule has 0 heterocycles. The molecule has 0 saturated carbocycles. The first kappa shape index (κ1) is 22.9. The number of hydrogen-bond donors (Lipinski definition) is 2. The minimum atomic E-state index is -5.17. The van der Waals surface area contributed by atoms with Gasteiger partial charge in [0.2, 0.25) is 0 Å². The maximum absolute atomic E-state index is 8.52. The number of rotatable bonds is 0. The predicted molar refractivity (Wildman–Crippen MR) is 23.4 cm³/mol. The van der Waals surface area contributed by atoms with Gasteiger partial charge in [-0.25, -0.2) is 0 Å². The summed E-state index contributed by atoms with van der Waals surface area (Å²) in [5.74, 6) is 0. The van der Waals surface area contributed by atoms with Crippen LogP contribution in [0.1, 0.15) is 0 Å². The van der Waals surface area contributed by atoms with Crippen LogP contribution in [0.2, 0.25) is 0 Å². The zero-order valence-electron chi connectivity index (χ0n) is 5.70. The molecule has 0 aromatic heterocycles. The summed E-state index contributed by atoms with van der Waals surface area (Å²) in [7, 11) is -5.17. The summed E-state index contributed by atoms with van der Waals surface area (Å²) in [6, 6.07) is 0. The van der Waals surface area contributed by atoms with Gasteiger partial charge in [-0.15, -0.1) is 0 Å². The van der Waals surface area contributed by atoms with Crippen molar-refractivity contribution in [2.24, 2.45) is 5.73 Å². The van der Waals surface area contributed by atoms with Crippen LogP contribution in [0.25, 0.3) is 0 Å². The van der Waals surface area contributed by atoms with Crippen LogP contribution in [-0.2, 0) is 10.4 Å². The molecule has 0 bridgehead atoms. The molecular weight excluding hydrogens is 214 g/mol. The predicted octanol–water partition coefficient (Wildman–Crippen LogP) is -7.78. The molecule has 0 rings (SSSR count). The van der Waals surface area contributed by atoms with Crippen LogP contribution in [0.4, 0.5) is 0 Å². The molecule has 0 aromatic rings. The Labute approximate surface area is 144 Å². The van der Waals surface area contributed by atoms with Gasteiger partial charge in [0.15, 0.2) is 0 Å². The largest absolute Gasteiger partial charge is 1.00 e. The van der Waals surface area contributed by atoms with Crippen molar-refractivity contribution in [3.05, 3.63) is 0 Å². The van der Waals surface area contributed by atoms with E-state index in [2.05, 4.69) is 5.73 Å². The molecule has 0 saturated heterocycles. The Hall–Kier alpha value is 2.61. The smallest absolute Gasteiger partial charge is 0.759 e. The van der Waals surface area contributed by atoms with Gasteiger partial charge in [0.1, 0.15) is 0 Å². The zero-order valence-corrected chi connectivity index (χ0v) is 12.8. The van der Waals surface area contributed by atoms with Gasteiger partial charge < -0.3 is 14.8 Å². The summed E-state index contributed by atoms with van der Waals surface area (Å²) in [6.07, 6.45) is 0.750. The van der Waals surface area contributed by atoms with E-state index in [1.807, 2.05) is 0 Å². The topological polar surface area (TPSA) is 130 Å². The molecule has 0 spiro atoms. The molecule has 50 valence electrons. The first-order valence-electron chi connectivity index (χ1n) is 1.29. The molecular formula is CH4K2N2O4S. The minimum absolute atomic E-state index is 0. The van der Waals surface area contributed by atoms with E-state index in [-0.39, 0.29) is 103 Å². The summed E-state index contributed by atoms with van der Waals surface area (Å²) in [5, 5.41) is 5.86. The summed E-state index contributed by atoms with van der Waals surface area (Å²) in [6.45, 7) is 0. The normalized spacial score (nSPS) is 7.00. The number of nitrogens with two attached hydrogens (primary N) is 1. The van der Waals surface area contributed by atoms with Gasteiger partial charge in [0, 0.05) is 10.4 Å². The molecule has 0 aliphatic rings. The average Bonchev–Trinajstić information content (AvgIpc) is 1.27. The Morgan fingerprint density at radius 1 is 1.30 bits per heavy atom. The molecule has 0 fully saturated rings. The van der Waals surface area contributed by atoms with Gasteiger partial charge in [-0.2, -0.15) is 0 Å². The van der Waals surface area contributed by atoms with Crippen LogP contribution in [0.15, 0.2) is 0 Å². The Balaban J connectivity index is -0.0000000326. The third-order valence-electron chi connectivity index (χ3n) is 0. The van der Waals surface area contributed by atoms with Crippen molar-refractivity contribution in [2.45, 2.75) is 0 Å². The fourth-order valence-corrected chi connectivity index (χ4v) is 0. The second kappa shape index (κ2) is 14.2. The van der Waals surface area contributed by atoms with Gasteiger partial charge in [-0.05, 0) is 0 Å². The van der Waals surface area contributed by atoms with Gasteiger partial charge in [0.25, 0.3) is 0 Å². The van der Waals surface area contributed by atoms with Gasteiger partial charge in [0.05, 0.1) is 6.34 Å². The van der Waals surface area contributed by atoms with Gasteiger partial charge in [-0.3, -0.25) is 13.8 Å². The van der Waals surface area contributed by atoms with Crippen LogP contribution in [0.5, 0.6) is 0 Å². The van der Waals surface area contributed by atoms with Crippen molar-refractivity contribution in [2.75, 3.05) is 0 Å². The molecule has 0 amide bonds. The second-order valence-electron chi connectivity index (χ2n) is 0.575. The molecule has 0 aliphatic carbocycles. The third kappa shape index (κ3) is 144. The van der Waals surface area contributed by atoms with Crippen molar-refractivity contribution >= 4 is 16.7 Å². The van der Waals surface area contributed by atoms with E-state index in [1.165, 1.54) is 0 Å². The first-order chi connectivity index (χ1) is 3.41. The van der Waals surface area contributed by atoms with Crippen molar-refractivity contribution in [1.29, 1.82) is 5.41 Å². The van der Waals surface area contributed by atoms with E-state index in [4.69, 9.17) is 22.9 Å². The van der Waals surface area contributed by atoms with Crippen LogP contribution in [0, 0.1) is 5.41 Å². The van der Waals surface area contributed by atoms with E-state index in [9.17, 15) is 0 Å². The van der Waals surface area contributed by atoms with Crippen molar-refractivity contribution in [1.82, 2.24) is 0 Å². The molecule has 0 radical (unpaired) electrons. The summed E-state index contributed by atoms with van der Waals surface area (Å²) >= 11 is 0.